The van der Waals surface area contributed by atoms with Crippen LogP contribution in [0.5, 0.6) is 5.88 Å². The molecule has 94 valence electrons. The molecule has 6 heteroatoms. The van der Waals surface area contributed by atoms with Gasteiger partial charge in [-0.15, -0.1) is 0 Å². The first-order chi connectivity index (χ1) is 8.10. The van der Waals surface area contributed by atoms with Crippen molar-refractivity contribution in [3.05, 3.63) is 6.07 Å². The molecule has 0 amide bonds. The highest BCUT2D eigenvalue weighted by molar-refractivity contribution is 5.45. The topological polar surface area (TPSA) is 84.5 Å². The third-order valence-corrected chi connectivity index (χ3v) is 3.10. The van der Waals surface area contributed by atoms with Crippen LogP contribution in [0, 0.1) is 5.92 Å². The molecule has 0 aromatic carbocycles. The average molecular weight is 238 g/mol. The number of hydrogen-bond acceptors (Lipinski definition) is 6. The van der Waals surface area contributed by atoms with Gasteiger partial charge in [-0.05, 0) is 12.3 Å². The van der Waals surface area contributed by atoms with E-state index in [0.717, 1.165) is 25.3 Å². The minimum Gasteiger partial charge on any atom is -0.481 e. The Kier molecular flexibility index (Phi) is 3.33. The summed E-state index contributed by atoms with van der Waals surface area (Å²) < 4.78 is 5.07. The lowest BCUT2D eigenvalue weighted by atomic mass is 9.97. The van der Waals surface area contributed by atoms with Crippen LogP contribution < -0.4 is 15.4 Å². The van der Waals surface area contributed by atoms with Crippen LogP contribution in [-0.4, -0.2) is 41.4 Å². The van der Waals surface area contributed by atoms with Gasteiger partial charge in [0, 0.05) is 19.2 Å². The monoisotopic (exact) mass is 238 g/mol. The van der Waals surface area contributed by atoms with Gasteiger partial charge in [-0.2, -0.15) is 9.97 Å². The Hall–Kier alpha value is -1.56. The van der Waals surface area contributed by atoms with Crippen molar-refractivity contribution in [1.29, 1.82) is 0 Å². The maximum absolute atomic E-state index is 9.69. The number of nitrogens with zero attached hydrogens (tertiary/aromatic N) is 3. The quantitative estimate of drug-likeness (QED) is 0.769. The summed E-state index contributed by atoms with van der Waals surface area (Å²) in [5, 5.41) is 9.69. The highest BCUT2D eigenvalue weighted by Gasteiger charge is 2.25. The number of piperidine rings is 1. The second-order valence-corrected chi connectivity index (χ2v) is 4.41. The zero-order chi connectivity index (χ0) is 12.4. The third-order valence-electron chi connectivity index (χ3n) is 3.10. The van der Waals surface area contributed by atoms with Crippen LogP contribution in [0.4, 0.5) is 11.8 Å². The van der Waals surface area contributed by atoms with E-state index < -0.39 is 0 Å². The maximum Gasteiger partial charge on any atom is 0.225 e. The molecule has 3 N–H and O–H groups in total. The van der Waals surface area contributed by atoms with Crippen LogP contribution in [0.2, 0.25) is 0 Å². The summed E-state index contributed by atoms with van der Waals surface area (Å²) >= 11 is 0. The summed E-state index contributed by atoms with van der Waals surface area (Å²) in [7, 11) is 1.55. The first kappa shape index (κ1) is 11.9. The van der Waals surface area contributed by atoms with E-state index >= 15 is 0 Å². The first-order valence-corrected chi connectivity index (χ1v) is 5.71. The van der Waals surface area contributed by atoms with Gasteiger partial charge in [0.15, 0.2) is 0 Å². The van der Waals surface area contributed by atoms with Crippen molar-refractivity contribution in [2.45, 2.75) is 19.4 Å². The molecule has 2 unspecified atom stereocenters. The summed E-state index contributed by atoms with van der Waals surface area (Å²) in [5.74, 6) is 1.66. The molecule has 2 rings (SSSR count). The summed E-state index contributed by atoms with van der Waals surface area (Å²) in [6.07, 6.45) is 0.514. The smallest absolute Gasteiger partial charge is 0.225 e. The van der Waals surface area contributed by atoms with E-state index in [4.69, 9.17) is 10.5 Å². The standard InChI is InChI=1S/C11H18N4O2/c1-7-6-15(4-3-8(7)16)9-5-10(17-2)14-11(12)13-9/h5,7-8,16H,3-4,6H2,1-2H3,(H2,12,13,14). The fourth-order valence-corrected chi connectivity index (χ4v) is 2.04. The first-order valence-electron chi connectivity index (χ1n) is 5.71. The lowest BCUT2D eigenvalue weighted by Gasteiger charge is -2.35. The molecule has 17 heavy (non-hydrogen) atoms. The van der Waals surface area contributed by atoms with E-state index in [1.54, 1.807) is 13.2 Å². The fraction of sp³-hybridized carbons (Fsp3) is 0.636. The Morgan fingerprint density at radius 3 is 2.94 bits per heavy atom. The molecule has 0 spiro atoms. The lowest BCUT2D eigenvalue weighted by Crippen LogP contribution is -2.42. The third kappa shape index (κ3) is 2.58. The largest absolute Gasteiger partial charge is 0.481 e. The van der Waals surface area contributed by atoms with Crippen molar-refractivity contribution in [3.8, 4) is 5.88 Å². The van der Waals surface area contributed by atoms with E-state index in [-0.39, 0.29) is 18.0 Å². The Labute approximate surface area is 100 Å². The van der Waals surface area contributed by atoms with Gasteiger partial charge in [-0.3, -0.25) is 0 Å². The average Bonchev–Trinajstić information content (AvgIpc) is 2.32. The highest BCUT2D eigenvalue weighted by Crippen LogP contribution is 2.24. The Bertz CT molecular complexity index is 399. The molecule has 1 saturated heterocycles. The molecule has 2 heterocycles. The second-order valence-electron chi connectivity index (χ2n) is 4.41. The SMILES string of the molecule is COc1cc(N2CCC(O)C(C)C2)nc(N)n1. The molecular formula is C11H18N4O2. The molecular weight excluding hydrogens is 220 g/mol. The van der Waals surface area contributed by atoms with Gasteiger partial charge in [-0.25, -0.2) is 0 Å². The van der Waals surface area contributed by atoms with Crippen molar-refractivity contribution in [2.24, 2.45) is 5.92 Å². The number of aliphatic hydroxyl groups is 1. The van der Waals surface area contributed by atoms with Crippen molar-refractivity contribution in [2.75, 3.05) is 30.8 Å². The number of rotatable bonds is 2. The van der Waals surface area contributed by atoms with Gasteiger partial charge in [-0.1, -0.05) is 6.92 Å². The van der Waals surface area contributed by atoms with Crippen molar-refractivity contribution in [1.82, 2.24) is 9.97 Å². The fourth-order valence-electron chi connectivity index (χ4n) is 2.04. The van der Waals surface area contributed by atoms with Crippen molar-refractivity contribution >= 4 is 11.8 Å². The van der Waals surface area contributed by atoms with Crippen LogP contribution in [0.15, 0.2) is 6.07 Å². The van der Waals surface area contributed by atoms with Crippen LogP contribution in [-0.2, 0) is 0 Å². The molecule has 0 radical (unpaired) electrons. The maximum atomic E-state index is 9.69. The van der Waals surface area contributed by atoms with Crippen molar-refractivity contribution in [3.63, 3.8) is 0 Å². The van der Waals surface area contributed by atoms with Crippen LogP contribution in [0.3, 0.4) is 0 Å². The molecule has 0 aliphatic carbocycles. The zero-order valence-electron chi connectivity index (χ0n) is 10.1. The number of nitrogen functional groups attached to an aromatic ring is 1. The summed E-state index contributed by atoms with van der Waals surface area (Å²) in [4.78, 5) is 10.2. The molecule has 2 atom stereocenters. The highest BCUT2D eigenvalue weighted by atomic mass is 16.5. The van der Waals surface area contributed by atoms with Gasteiger partial charge in [0.05, 0.1) is 13.2 Å². The number of hydrogen-bond donors (Lipinski definition) is 2. The Morgan fingerprint density at radius 2 is 2.29 bits per heavy atom. The molecule has 1 fully saturated rings. The van der Waals surface area contributed by atoms with Gasteiger partial charge < -0.3 is 20.5 Å². The molecule has 0 saturated carbocycles. The molecule has 0 bridgehead atoms. The van der Waals surface area contributed by atoms with Gasteiger partial charge in [0.2, 0.25) is 11.8 Å². The van der Waals surface area contributed by atoms with Crippen LogP contribution in [0.1, 0.15) is 13.3 Å². The van der Waals surface area contributed by atoms with Gasteiger partial charge >= 0.3 is 0 Å². The molecule has 1 aliphatic rings. The Morgan fingerprint density at radius 1 is 1.53 bits per heavy atom. The van der Waals surface area contributed by atoms with Crippen LogP contribution in [0.25, 0.3) is 0 Å². The van der Waals surface area contributed by atoms with E-state index in [1.165, 1.54) is 0 Å². The van der Waals surface area contributed by atoms with Crippen molar-refractivity contribution < 1.29 is 9.84 Å². The van der Waals surface area contributed by atoms with E-state index in [1.807, 2.05) is 6.92 Å². The number of aliphatic hydroxyl groups excluding tert-OH is 1. The summed E-state index contributed by atoms with van der Waals surface area (Å²) in [6.45, 7) is 3.56. The number of ether oxygens (including phenoxy) is 1. The van der Waals surface area contributed by atoms with Gasteiger partial charge in [0.25, 0.3) is 0 Å². The van der Waals surface area contributed by atoms with Gasteiger partial charge in [0.1, 0.15) is 5.82 Å². The normalized spacial score (nSPS) is 24.8. The molecule has 1 aromatic rings. The van der Waals surface area contributed by atoms with E-state index in [9.17, 15) is 5.11 Å². The van der Waals surface area contributed by atoms with E-state index in [2.05, 4.69) is 14.9 Å². The predicted octanol–water partition coefficient (Wildman–Crippen LogP) is 0.274. The number of methoxy groups -OCH3 is 1. The number of nitrogens with two attached hydrogens (primary N) is 1. The van der Waals surface area contributed by atoms with E-state index in [0.29, 0.717) is 5.88 Å². The van der Waals surface area contributed by atoms with Crippen LogP contribution >= 0.6 is 0 Å². The second kappa shape index (κ2) is 4.75. The number of aromatic nitrogens is 2. The minimum absolute atomic E-state index is 0.207. The number of anilines is 2. The molecule has 6 nitrogen and oxygen atoms in total. The predicted molar refractivity (Wildman–Crippen MR) is 65.0 cm³/mol. The molecule has 1 aromatic heterocycles. The lowest BCUT2D eigenvalue weighted by molar-refractivity contribution is 0.0969. The Balaban J connectivity index is 2.19. The molecule has 1 aliphatic heterocycles. The summed E-state index contributed by atoms with van der Waals surface area (Å²) in [5.41, 5.74) is 5.63. The summed E-state index contributed by atoms with van der Waals surface area (Å²) in [6, 6.07) is 1.76. The minimum atomic E-state index is -0.229. The zero-order valence-corrected chi connectivity index (χ0v) is 10.1.